The molecule has 10 heteroatoms. The number of likely N-dealkylation sites (tertiary alicyclic amines) is 1. The fourth-order valence-electron chi connectivity index (χ4n) is 3.09. The maximum absolute atomic E-state index is 12.2. The molecule has 1 aromatic heterocycles. The van der Waals surface area contributed by atoms with Gasteiger partial charge in [-0.2, -0.15) is 0 Å². The molecule has 3 heterocycles. The number of aromatic nitrogens is 3. The minimum atomic E-state index is -3.09. The number of carbonyl (C=O) groups excluding carboxylic acids is 1. The van der Waals surface area contributed by atoms with Crippen molar-refractivity contribution in [2.24, 2.45) is 13.0 Å². The van der Waals surface area contributed by atoms with Crippen molar-refractivity contribution in [1.82, 2.24) is 25.0 Å². The van der Waals surface area contributed by atoms with Gasteiger partial charge < -0.3 is 15.0 Å². The van der Waals surface area contributed by atoms with Crippen molar-refractivity contribution in [3.8, 4) is 0 Å². The number of nitrogens with zero attached hydrogens (tertiary/aromatic N) is 4. The van der Waals surface area contributed by atoms with Gasteiger partial charge in [-0.15, -0.1) is 10.2 Å². The fraction of sp³-hybridized carbons (Fsp3) is 0.769. The Kier molecular flexibility index (Phi) is 4.39. The Bertz CT molecular complexity index is 688. The van der Waals surface area contributed by atoms with Gasteiger partial charge in [-0.3, -0.25) is 9.69 Å². The second-order valence-corrected chi connectivity index (χ2v) is 8.56. The first kappa shape index (κ1) is 16.3. The van der Waals surface area contributed by atoms with Gasteiger partial charge in [0.05, 0.1) is 36.1 Å². The minimum absolute atomic E-state index is 0.0661. The monoisotopic (exact) mass is 343 g/mol. The molecule has 128 valence electrons. The molecule has 0 spiro atoms. The zero-order valence-electron chi connectivity index (χ0n) is 12.9. The summed E-state index contributed by atoms with van der Waals surface area (Å²) in [4.78, 5) is 14.2. The average molecular weight is 343 g/mol. The Morgan fingerprint density at radius 1 is 1.48 bits per heavy atom. The standard InChI is InChI=1S/C13H21N5O4S/c1-17-8-14-16-12(17)6-18-4-10(11(19)5-18)15-13(20)9-2-3-23(21,22)7-9/h8-11,19H,2-7H2,1H3,(H,15,20)/t9?,10-,11+/m0/s1. The van der Waals surface area contributed by atoms with Gasteiger partial charge >= 0.3 is 0 Å². The molecule has 1 aromatic rings. The van der Waals surface area contributed by atoms with E-state index in [-0.39, 0.29) is 23.5 Å². The number of sulfone groups is 1. The van der Waals surface area contributed by atoms with E-state index in [0.29, 0.717) is 26.1 Å². The molecule has 2 saturated heterocycles. The third-order valence-electron chi connectivity index (χ3n) is 4.47. The van der Waals surface area contributed by atoms with Crippen LogP contribution < -0.4 is 5.32 Å². The molecule has 2 aliphatic heterocycles. The summed E-state index contributed by atoms with van der Waals surface area (Å²) in [5.41, 5.74) is 0. The number of carbonyl (C=O) groups is 1. The predicted molar refractivity (Wildman–Crippen MR) is 81.0 cm³/mol. The number of amides is 1. The van der Waals surface area contributed by atoms with E-state index < -0.39 is 21.9 Å². The quantitative estimate of drug-likeness (QED) is 0.644. The van der Waals surface area contributed by atoms with E-state index in [4.69, 9.17) is 0 Å². The van der Waals surface area contributed by atoms with E-state index in [1.54, 1.807) is 6.33 Å². The van der Waals surface area contributed by atoms with Crippen LogP contribution in [0.1, 0.15) is 12.2 Å². The average Bonchev–Trinajstić information content (AvgIpc) is 3.12. The second-order valence-electron chi connectivity index (χ2n) is 6.33. The predicted octanol–water partition coefficient (Wildman–Crippen LogP) is -2.09. The van der Waals surface area contributed by atoms with Gasteiger partial charge in [0.2, 0.25) is 5.91 Å². The van der Waals surface area contributed by atoms with E-state index in [9.17, 15) is 18.3 Å². The highest BCUT2D eigenvalue weighted by Crippen LogP contribution is 2.20. The van der Waals surface area contributed by atoms with Crippen molar-refractivity contribution in [1.29, 1.82) is 0 Å². The highest BCUT2D eigenvalue weighted by atomic mass is 32.2. The third-order valence-corrected chi connectivity index (χ3v) is 6.23. The summed E-state index contributed by atoms with van der Waals surface area (Å²) < 4.78 is 24.7. The zero-order valence-corrected chi connectivity index (χ0v) is 13.7. The van der Waals surface area contributed by atoms with Gasteiger partial charge in [-0.1, -0.05) is 0 Å². The van der Waals surface area contributed by atoms with Crippen LogP contribution >= 0.6 is 0 Å². The summed E-state index contributed by atoms with van der Waals surface area (Å²) in [6.07, 6.45) is 1.30. The van der Waals surface area contributed by atoms with Crippen molar-refractivity contribution in [3.63, 3.8) is 0 Å². The highest BCUT2D eigenvalue weighted by molar-refractivity contribution is 7.91. The van der Waals surface area contributed by atoms with E-state index >= 15 is 0 Å². The summed E-state index contributed by atoms with van der Waals surface area (Å²) in [7, 11) is -1.24. The molecule has 2 aliphatic rings. The van der Waals surface area contributed by atoms with Crippen LogP contribution in [0.25, 0.3) is 0 Å². The molecule has 1 amide bonds. The first-order valence-electron chi connectivity index (χ1n) is 7.58. The van der Waals surface area contributed by atoms with Crippen LogP contribution in [-0.2, 0) is 28.2 Å². The summed E-state index contributed by atoms with van der Waals surface area (Å²) in [5, 5.41) is 20.7. The number of aliphatic hydroxyl groups is 1. The number of nitrogens with one attached hydrogen (secondary N) is 1. The van der Waals surface area contributed by atoms with Gasteiger partial charge in [0.1, 0.15) is 12.2 Å². The first-order chi connectivity index (χ1) is 10.8. The molecule has 23 heavy (non-hydrogen) atoms. The Morgan fingerprint density at radius 2 is 2.26 bits per heavy atom. The lowest BCUT2D eigenvalue weighted by molar-refractivity contribution is -0.125. The largest absolute Gasteiger partial charge is 0.390 e. The molecule has 3 rings (SSSR count). The number of aliphatic hydroxyl groups excluding tert-OH is 1. The lowest BCUT2D eigenvalue weighted by Crippen LogP contribution is -2.45. The normalized spacial score (nSPS) is 30.6. The molecular formula is C13H21N5O4S. The lowest BCUT2D eigenvalue weighted by atomic mass is 10.1. The van der Waals surface area contributed by atoms with Crippen molar-refractivity contribution >= 4 is 15.7 Å². The topological polar surface area (TPSA) is 117 Å². The van der Waals surface area contributed by atoms with E-state index in [1.165, 1.54) is 0 Å². The SMILES string of the molecule is Cn1cnnc1CN1C[C@@H](O)[C@@H](NC(=O)C2CCS(=O)(=O)C2)C1. The van der Waals surface area contributed by atoms with E-state index in [1.807, 2.05) is 16.5 Å². The van der Waals surface area contributed by atoms with Crippen molar-refractivity contribution in [2.45, 2.75) is 25.1 Å². The van der Waals surface area contributed by atoms with Crippen LogP contribution in [0.15, 0.2) is 6.33 Å². The molecule has 0 bridgehead atoms. The summed E-state index contributed by atoms with van der Waals surface area (Å²) in [5.74, 6) is -0.0253. The minimum Gasteiger partial charge on any atom is -0.390 e. The van der Waals surface area contributed by atoms with Crippen LogP contribution in [-0.4, -0.2) is 75.8 Å². The molecule has 0 aliphatic carbocycles. The summed E-state index contributed by atoms with van der Waals surface area (Å²) >= 11 is 0. The lowest BCUT2D eigenvalue weighted by Gasteiger charge is -2.18. The Hall–Kier alpha value is -1.52. The number of β-amino-alcohol motifs (C(OH)–C–C–N with tert-alkyl or cyclic N) is 1. The zero-order chi connectivity index (χ0) is 16.6. The number of aryl methyl sites for hydroxylation is 1. The Morgan fingerprint density at radius 3 is 2.87 bits per heavy atom. The van der Waals surface area contributed by atoms with Crippen LogP contribution in [0.4, 0.5) is 0 Å². The molecule has 0 aromatic carbocycles. The number of rotatable bonds is 4. The smallest absolute Gasteiger partial charge is 0.224 e. The molecule has 2 N–H and O–H groups in total. The van der Waals surface area contributed by atoms with Gasteiger partial charge in [0.15, 0.2) is 9.84 Å². The molecule has 2 fully saturated rings. The molecule has 0 radical (unpaired) electrons. The van der Waals surface area contributed by atoms with Gasteiger partial charge in [0, 0.05) is 20.1 Å². The Balaban J connectivity index is 1.55. The molecular weight excluding hydrogens is 322 g/mol. The molecule has 1 unspecified atom stereocenters. The second kappa shape index (κ2) is 6.17. The van der Waals surface area contributed by atoms with Gasteiger partial charge in [0.25, 0.3) is 0 Å². The summed E-state index contributed by atoms with van der Waals surface area (Å²) in [6.45, 7) is 1.47. The molecule has 0 saturated carbocycles. The van der Waals surface area contributed by atoms with E-state index in [0.717, 1.165) is 5.82 Å². The third kappa shape index (κ3) is 3.70. The first-order valence-corrected chi connectivity index (χ1v) is 9.40. The fourth-order valence-corrected chi connectivity index (χ4v) is 4.83. The van der Waals surface area contributed by atoms with Crippen LogP contribution in [0.5, 0.6) is 0 Å². The maximum Gasteiger partial charge on any atom is 0.224 e. The van der Waals surface area contributed by atoms with Crippen molar-refractivity contribution in [3.05, 3.63) is 12.2 Å². The van der Waals surface area contributed by atoms with Crippen molar-refractivity contribution in [2.75, 3.05) is 24.6 Å². The van der Waals surface area contributed by atoms with Crippen LogP contribution in [0, 0.1) is 5.92 Å². The molecule has 9 nitrogen and oxygen atoms in total. The van der Waals surface area contributed by atoms with E-state index in [2.05, 4.69) is 15.5 Å². The van der Waals surface area contributed by atoms with Crippen LogP contribution in [0.2, 0.25) is 0 Å². The number of hydrogen-bond acceptors (Lipinski definition) is 7. The summed E-state index contributed by atoms with van der Waals surface area (Å²) in [6, 6.07) is -0.390. The maximum atomic E-state index is 12.2. The van der Waals surface area contributed by atoms with Gasteiger partial charge in [-0.25, -0.2) is 8.42 Å². The van der Waals surface area contributed by atoms with Gasteiger partial charge in [-0.05, 0) is 6.42 Å². The number of hydrogen-bond donors (Lipinski definition) is 2. The highest BCUT2D eigenvalue weighted by Gasteiger charge is 2.37. The van der Waals surface area contributed by atoms with Crippen molar-refractivity contribution < 1.29 is 18.3 Å². The van der Waals surface area contributed by atoms with Crippen LogP contribution in [0.3, 0.4) is 0 Å². The molecule has 3 atom stereocenters. The Labute approximate surface area is 134 Å².